The van der Waals surface area contributed by atoms with E-state index < -0.39 is 32.5 Å². The lowest BCUT2D eigenvalue weighted by Gasteiger charge is -2.29. The Hall–Kier alpha value is -3.18. The van der Waals surface area contributed by atoms with Crippen LogP contribution in [0.5, 0.6) is 0 Å². The highest BCUT2D eigenvalue weighted by Gasteiger charge is 2.37. The Morgan fingerprint density at radius 1 is 1.14 bits per heavy atom. The highest BCUT2D eigenvalue weighted by molar-refractivity contribution is 7.93. The van der Waals surface area contributed by atoms with Crippen LogP contribution in [0.2, 0.25) is 5.15 Å². The number of amides is 1. The van der Waals surface area contributed by atoms with Gasteiger partial charge in [-0.3, -0.25) is 4.31 Å². The van der Waals surface area contributed by atoms with Crippen molar-refractivity contribution in [2.45, 2.75) is 64.4 Å². The number of alkyl carbamates (subject to hydrolysis) is 1. The average molecular weight is 550 g/mol. The van der Waals surface area contributed by atoms with Crippen molar-refractivity contribution in [3.8, 4) is 11.5 Å². The first-order chi connectivity index (χ1) is 17.1. The first-order valence-corrected chi connectivity index (χ1v) is 13.5. The van der Waals surface area contributed by atoms with Crippen molar-refractivity contribution >= 4 is 33.5 Å². The van der Waals surface area contributed by atoms with E-state index >= 15 is 0 Å². The molecule has 0 radical (unpaired) electrons. The third-order valence-electron chi connectivity index (χ3n) is 5.40. The summed E-state index contributed by atoms with van der Waals surface area (Å²) in [7, 11) is -2.24. The molecule has 0 bridgehead atoms. The topological polar surface area (TPSA) is 128 Å². The molecular weight excluding hydrogens is 518 g/mol. The summed E-state index contributed by atoms with van der Waals surface area (Å²) in [5, 5.41) is 10.6. The third-order valence-corrected chi connectivity index (χ3v) is 7.74. The smallest absolute Gasteiger partial charge is 0.408 e. The second kappa shape index (κ2) is 10.7. The number of anilines is 1. The Kier molecular flexibility index (Phi) is 8.18. The summed E-state index contributed by atoms with van der Waals surface area (Å²) in [5.74, 6) is 0.325. The molecule has 1 amide bonds. The van der Waals surface area contributed by atoms with Crippen LogP contribution in [0.3, 0.4) is 0 Å². The number of hydrogen-bond acceptors (Lipinski definition) is 8. The van der Waals surface area contributed by atoms with Gasteiger partial charge in [-0.2, -0.15) is 0 Å². The quantitative estimate of drug-likeness (QED) is 0.391. The fourth-order valence-electron chi connectivity index (χ4n) is 3.48. The molecule has 2 aromatic heterocycles. The van der Waals surface area contributed by atoms with Crippen molar-refractivity contribution in [1.82, 2.24) is 20.5 Å². The van der Waals surface area contributed by atoms with Crippen molar-refractivity contribution in [1.29, 1.82) is 0 Å². The maximum absolute atomic E-state index is 12.7. The van der Waals surface area contributed by atoms with Crippen LogP contribution in [-0.4, -0.2) is 47.6 Å². The molecule has 0 spiro atoms. The van der Waals surface area contributed by atoms with Gasteiger partial charge in [0, 0.05) is 19.0 Å². The summed E-state index contributed by atoms with van der Waals surface area (Å²) in [4.78, 5) is 16.9. The van der Waals surface area contributed by atoms with Crippen molar-refractivity contribution in [2.24, 2.45) is 0 Å². The molecule has 37 heavy (non-hydrogen) atoms. The summed E-state index contributed by atoms with van der Waals surface area (Å²) in [6.45, 7) is 10.2. The Morgan fingerprint density at radius 2 is 1.78 bits per heavy atom. The predicted molar refractivity (Wildman–Crippen MR) is 142 cm³/mol. The molecule has 3 aromatic rings. The van der Waals surface area contributed by atoms with E-state index in [0.29, 0.717) is 12.0 Å². The summed E-state index contributed by atoms with van der Waals surface area (Å²) >= 11 is 6.21. The van der Waals surface area contributed by atoms with Gasteiger partial charge in [-0.05, 0) is 59.2 Å². The van der Waals surface area contributed by atoms with Crippen LogP contribution >= 0.6 is 11.6 Å². The second-order valence-corrected chi connectivity index (χ2v) is 13.0. The maximum atomic E-state index is 12.7. The molecule has 0 fully saturated rings. The SMILES string of the molecule is CC(C)S(=O)(=O)N(C)c1cc(-c2nnc([C@@](C)(Cc3ccccc3)NC(=O)OC(C)(C)C)o2)cc(Cl)n1. The van der Waals surface area contributed by atoms with Gasteiger partial charge >= 0.3 is 6.09 Å². The first-order valence-electron chi connectivity index (χ1n) is 11.7. The van der Waals surface area contributed by atoms with E-state index in [-0.39, 0.29) is 22.8 Å². The average Bonchev–Trinajstić information content (AvgIpc) is 3.28. The minimum absolute atomic E-state index is 0.0528. The highest BCUT2D eigenvalue weighted by Crippen LogP contribution is 2.31. The van der Waals surface area contributed by atoms with Gasteiger partial charge in [0.25, 0.3) is 0 Å². The standard InChI is InChI=1S/C25H32ClN5O5S/c1-16(2)37(33,34)31(7)20-14-18(13-19(26)27-20)21-29-30-22(35-21)25(6,15-17-11-9-8-10-12-17)28-23(32)36-24(3,4)5/h8-14,16H,15H2,1-7H3,(H,28,32)/t25-/m1/s1. The number of sulfonamides is 1. The van der Waals surface area contributed by atoms with Gasteiger partial charge in [0.1, 0.15) is 22.1 Å². The number of aromatic nitrogens is 3. The second-order valence-electron chi connectivity index (χ2n) is 10.1. The largest absolute Gasteiger partial charge is 0.444 e. The number of nitrogens with one attached hydrogen (secondary N) is 1. The Morgan fingerprint density at radius 3 is 2.38 bits per heavy atom. The molecule has 0 unspecified atom stereocenters. The molecule has 0 aliphatic heterocycles. The number of pyridine rings is 1. The summed E-state index contributed by atoms with van der Waals surface area (Å²) < 4.78 is 37.8. The predicted octanol–water partition coefficient (Wildman–Crippen LogP) is 4.94. The summed E-state index contributed by atoms with van der Waals surface area (Å²) in [5.41, 5.74) is -0.522. The van der Waals surface area contributed by atoms with E-state index in [1.807, 2.05) is 30.3 Å². The number of benzene rings is 1. The van der Waals surface area contributed by atoms with Crippen molar-refractivity contribution in [2.75, 3.05) is 11.4 Å². The molecule has 0 saturated heterocycles. The molecule has 2 heterocycles. The zero-order valence-electron chi connectivity index (χ0n) is 21.9. The number of rotatable bonds is 8. The van der Waals surface area contributed by atoms with Gasteiger partial charge in [-0.15, -0.1) is 10.2 Å². The van der Waals surface area contributed by atoms with Crippen LogP contribution in [0.25, 0.3) is 11.5 Å². The summed E-state index contributed by atoms with van der Waals surface area (Å²) in [6.07, 6.45) is -0.299. The van der Waals surface area contributed by atoms with Gasteiger partial charge in [0.15, 0.2) is 0 Å². The van der Waals surface area contributed by atoms with Crippen LogP contribution in [0.15, 0.2) is 46.9 Å². The molecule has 200 valence electrons. The van der Waals surface area contributed by atoms with Crippen molar-refractivity contribution < 1.29 is 22.4 Å². The monoisotopic (exact) mass is 549 g/mol. The van der Waals surface area contributed by atoms with E-state index in [2.05, 4.69) is 20.5 Å². The Labute approximate surface area is 222 Å². The maximum Gasteiger partial charge on any atom is 0.408 e. The lowest BCUT2D eigenvalue weighted by atomic mass is 9.92. The molecule has 12 heteroatoms. The van der Waals surface area contributed by atoms with E-state index in [4.69, 9.17) is 20.8 Å². The molecule has 3 rings (SSSR count). The minimum atomic E-state index is -3.64. The van der Waals surface area contributed by atoms with Crippen LogP contribution in [0, 0.1) is 0 Å². The molecular formula is C25H32ClN5O5S. The normalized spacial score (nSPS) is 13.8. The van der Waals surface area contributed by atoms with E-state index in [9.17, 15) is 13.2 Å². The number of hydrogen-bond donors (Lipinski definition) is 1. The molecule has 0 aliphatic carbocycles. The summed E-state index contributed by atoms with van der Waals surface area (Å²) in [6, 6.07) is 12.5. The lowest BCUT2D eigenvalue weighted by molar-refractivity contribution is 0.0443. The zero-order valence-corrected chi connectivity index (χ0v) is 23.5. The number of halogens is 1. The van der Waals surface area contributed by atoms with E-state index in [0.717, 1.165) is 9.87 Å². The minimum Gasteiger partial charge on any atom is -0.444 e. The molecule has 0 saturated carbocycles. The van der Waals surface area contributed by atoms with Crippen LogP contribution < -0.4 is 9.62 Å². The van der Waals surface area contributed by atoms with Crippen LogP contribution in [-0.2, 0) is 26.7 Å². The van der Waals surface area contributed by atoms with Gasteiger partial charge < -0.3 is 14.5 Å². The van der Waals surface area contributed by atoms with Gasteiger partial charge in [0.05, 0.1) is 5.25 Å². The number of nitrogens with zero attached hydrogens (tertiary/aromatic N) is 4. The zero-order chi connectivity index (χ0) is 27.6. The van der Waals surface area contributed by atoms with Gasteiger partial charge in [-0.25, -0.2) is 18.2 Å². The molecule has 1 N–H and O–H groups in total. The Bertz CT molecular complexity index is 1360. The Balaban J connectivity index is 2.00. The number of carbonyl (C=O) groups excluding carboxylic acids is 1. The molecule has 0 aliphatic rings. The van der Waals surface area contributed by atoms with Crippen molar-refractivity contribution in [3.05, 3.63) is 59.1 Å². The lowest BCUT2D eigenvalue weighted by Crippen LogP contribution is -2.47. The molecule has 1 atom stereocenters. The number of ether oxygens (including phenoxy) is 1. The van der Waals surface area contributed by atoms with Gasteiger partial charge in [-0.1, -0.05) is 41.9 Å². The molecule has 10 nitrogen and oxygen atoms in total. The fraction of sp³-hybridized carbons (Fsp3) is 0.440. The fourth-order valence-corrected chi connectivity index (χ4v) is 4.67. The third kappa shape index (κ3) is 6.98. The van der Waals surface area contributed by atoms with E-state index in [1.165, 1.54) is 19.2 Å². The number of carbonyl (C=O) groups is 1. The van der Waals surface area contributed by atoms with Crippen molar-refractivity contribution in [3.63, 3.8) is 0 Å². The van der Waals surface area contributed by atoms with Crippen LogP contribution in [0.4, 0.5) is 10.6 Å². The van der Waals surface area contributed by atoms with E-state index in [1.54, 1.807) is 41.5 Å². The van der Waals surface area contributed by atoms with Crippen LogP contribution in [0.1, 0.15) is 53.0 Å². The molecule has 1 aromatic carbocycles. The first kappa shape index (κ1) is 28.4. The van der Waals surface area contributed by atoms with Gasteiger partial charge in [0.2, 0.25) is 21.8 Å². The highest BCUT2D eigenvalue weighted by atomic mass is 35.5.